The topological polar surface area (TPSA) is 20.2 Å². The molecule has 0 spiro atoms. The van der Waals surface area contributed by atoms with E-state index in [1.807, 2.05) is 0 Å². The summed E-state index contributed by atoms with van der Waals surface area (Å²) in [6.45, 7) is 2.35. The molecular formula is C14H24O. The highest BCUT2D eigenvalue weighted by Gasteiger charge is 2.48. The molecule has 0 aromatic rings. The molecule has 0 saturated heterocycles. The second kappa shape index (κ2) is 3.76. The van der Waals surface area contributed by atoms with Crippen LogP contribution in [0.4, 0.5) is 0 Å². The van der Waals surface area contributed by atoms with Gasteiger partial charge in [-0.3, -0.25) is 0 Å². The van der Waals surface area contributed by atoms with Crippen LogP contribution in [0, 0.1) is 29.6 Å². The van der Waals surface area contributed by atoms with Gasteiger partial charge in [-0.15, -0.1) is 0 Å². The van der Waals surface area contributed by atoms with Gasteiger partial charge in [0.25, 0.3) is 0 Å². The molecule has 3 aliphatic carbocycles. The molecule has 3 aliphatic rings. The Kier molecular flexibility index (Phi) is 2.54. The summed E-state index contributed by atoms with van der Waals surface area (Å²) in [7, 11) is 0. The molecule has 3 saturated carbocycles. The Morgan fingerprint density at radius 1 is 0.867 bits per heavy atom. The number of hydrogen-bond acceptors (Lipinski definition) is 1. The second-order valence-corrected chi connectivity index (χ2v) is 6.50. The van der Waals surface area contributed by atoms with Crippen molar-refractivity contribution in [2.45, 2.75) is 58.0 Å². The molecule has 1 N–H and O–H groups in total. The maximum atomic E-state index is 10.4. The zero-order valence-corrected chi connectivity index (χ0v) is 9.86. The van der Waals surface area contributed by atoms with Gasteiger partial charge in [-0.05, 0) is 61.7 Å². The van der Waals surface area contributed by atoms with Crippen molar-refractivity contribution >= 4 is 0 Å². The summed E-state index contributed by atoms with van der Waals surface area (Å²) in [5.41, 5.74) is 0. The molecule has 0 aliphatic heterocycles. The number of fused-ring (bicyclic) bond motifs is 1. The summed E-state index contributed by atoms with van der Waals surface area (Å²) < 4.78 is 0. The summed E-state index contributed by atoms with van der Waals surface area (Å²) >= 11 is 0. The van der Waals surface area contributed by atoms with E-state index in [1.54, 1.807) is 0 Å². The highest BCUT2D eigenvalue weighted by Crippen LogP contribution is 2.56. The lowest BCUT2D eigenvalue weighted by Gasteiger charge is -2.33. The van der Waals surface area contributed by atoms with Crippen LogP contribution in [-0.2, 0) is 0 Å². The van der Waals surface area contributed by atoms with E-state index in [0.29, 0.717) is 11.8 Å². The number of aliphatic hydroxyl groups is 1. The molecule has 1 heteroatoms. The van der Waals surface area contributed by atoms with Crippen molar-refractivity contribution in [2.75, 3.05) is 0 Å². The van der Waals surface area contributed by atoms with Crippen LogP contribution in [0.15, 0.2) is 0 Å². The van der Waals surface area contributed by atoms with Crippen molar-refractivity contribution in [1.82, 2.24) is 0 Å². The van der Waals surface area contributed by atoms with E-state index in [9.17, 15) is 5.11 Å². The molecule has 0 heterocycles. The zero-order chi connectivity index (χ0) is 10.4. The molecule has 86 valence electrons. The Labute approximate surface area is 93.3 Å². The molecule has 0 aromatic carbocycles. The zero-order valence-electron chi connectivity index (χ0n) is 9.86. The fourth-order valence-corrected chi connectivity index (χ4v) is 4.05. The van der Waals surface area contributed by atoms with Crippen LogP contribution in [0.2, 0.25) is 0 Å². The Bertz CT molecular complexity index is 219. The van der Waals surface area contributed by atoms with Crippen LogP contribution in [-0.4, -0.2) is 11.2 Å². The van der Waals surface area contributed by atoms with E-state index in [0.717, 1.165) is 17.8 Å². The van der Waals surface area contributed by atoms with Gasteiger partial charge in [0.1, 0.15) is 0 Å². The lowest BCUT2D eigenvalue weighted by molar-refractivity contribution is 0.0251. The molecule has 15 heavy (non-hydrogen) atoms. The number of rotatable bonds is 2. The Morgan fingerprint density at radius 3 is 2.07 bits per heavy atom. The SMILES string of the molecule is CC1CCC(C(O)C2CC3CC3C2)CC1. The summed E-state index contributed by atoms with van der Waals surface area (Å²) in [4.78, 5) is 0. The molecule has 1 nitrogen and oxygen atoms in total. The van der Waals surface area contributed by atoms with Crippen molar-refractivity contribution in [3.63, 3.8) is 0 Å². The van der Waals surface area contributed by atoms with Crippen LogP contribution >= 0.6 is 0 Å². The molecule has 3 fully saturated rings. The van der Waals surface area contributed by atoms with Gasteiger partial charge >= 0.3 is 0 Å². The van der Waals surface area contributed by atoms with Crippen LogP contribution in [0.3, 0.4) is 0 Å². The third-order valence-electron chi connectivity index (χ3n) is 5.31. The van der Waals surface area contributed by atoms with Crippen molar-refractivity contribution < 1.29 is 5.11 Å². The van der Waals surface area contributed by atoms with E-state index < -0.39 is 0 Å². The van der Waals surface area contributed by atoms with Gasteiger partial charge in [0.15, 0.2) is 0 Å². The predicted molar refractivity (Wildman–Crippen MR) is 61.4 cm³/mol. The van der Waals surface area contributed by atoms with Gasteiger partial charge in [-0.2, -0.15) is 0 Å². The minimum absolute atomic E-state index is 0.0466. The first-order valence-electron chi connectivity index (χ1n) is 6.92. The molecule has 0 aromatic heterocycles. The van der Waals surface area contributed by atoms with Crippen LogP contribution in [0.1, 0.15) is 51.9 Å². The molecular weight excluding hydrogens is 184 g/mol. The second-order valence-electron chi connectivity index (χ2n) is 6.50. The van der Waals surface area contributed by atoms with Crippen LogP contribution < -0.4 is 0 Å². The predicted octanol–water partition coefficient (Wildman–Crippen LogP) is 3.22. The van der Waals surface area contributed by atoms with E-state index in [4.69, 9.17) is 0 Å². The normalized spacial score (nSPS) is 51.2. The van der Waals surface area contributed by atoms with Gasteiger partial charge in [0.2, 0.25) is 0 Å². The van der Waals surface area contributed by atoms with Crippen molar-refractivity contribution in [3.05, 3.63) is 0 Å². The van der Waals surface area contributed by atoms with Gasteiger partial charge in [0.05, 0.1) is 6.10 Å². The van der Waals surface area contributed by atoms with Crippen molar-refractivity contribution in [3.8, 4) is 0 Å². The fraction of sp³-hybridized carbons (Fsp3) is 1.00. The van der Waals surface area contributed by atoms with Crippen molar-refractivity contribution in [1.29, 1.82) is 0 Å². The average molecular weight is 208 g/mol. The molecule has 3 unspecified atom stereocenters. The van der Waals surface area contributed by atoms with Crippen molar-refractivity contribution in [2.24, 2.45) is 29.6 Å². The maximum absolute atomic E-state index is 10.4. The Morgan fingerprint density at radius 2 is 1.47 bits per heavy atom. The van der Waals surface area contributed by atoms with Crippen LogP contribution in [0.25, 0.3) is 0 Å². The summed E-state index contributed by atoms with van der Waals surface area (Å²) in [6.07, 6.45) is 9.48. The molecule has 3 atom stereocenters. The fourth-order valence-electron chi connectivity index (χ4n) is 4.05. The molecule has 0 amide bonds. The first kappa shape index (κ1) is 10.1. The molecule has 3 rings (SSSR count). The monoisotopic (exact) mass is 208 g/mol. The van der Waals surface area contributed by atoms with E-state index in [2.05, 4.69) is 6.92 Å². The minimum atomic E-state index is 0.0466. The highest BCUT2D eigenvalue weighted by atomic mass is 16.3. The number of aliphatic hydroxyl groups excluding tert-OH is 1. The minimum Gasteiger partial charge on any atom is -0.393 e. The van der Waals surface area contributed by atoms with E-state index >= 15 is 0 Å². The standard InChI is InChI=1S/C14H24O/c1-9-2-4-10(5-3-9)14(15)13-7-11-6-12(11)8-13/h9-15H,2-8H2,1H3. The smallest absolute Gasteiger partial charge is 0.0596 e. The molecule has 0 bridgehead atoms. The third-order valence-corrected chi connectivity index (χ3v) is 5.31. The first-order chi connectivity index (χ1) is 7.24. The van der Waals surface area contributed by atoms with Gasteiger partial charge in [0, 0.05) is 0 Å². The van der Waals surface area contributed by atoms with E-state index in [1.165, 1.54) is 44.9 Å². The largest absolute Gasteiger partial charge is 0.393 e. The van der Waals surface area contributed by atoms with Gasteiger partial charge in [-0.25, -0.2) is 0 Å². The van der Waals surface area contributed by atoms with Gasteiger partial charge < -0.3 is 5.11 Å². The van der Waals surface area contributed by atoms with Gasteiger partial charge in [-0.1, -0.05) is 19.8 Å². The highest BCUT2D eigenvalue weighted by molar-refractivity contribution is 4.99. The quantitative estimate of drug-likeness (QED) is 0.738. The summed E-state index contributed by atoms with van der Waals surface area (Å²) in [6, 6.07) is 0. The lowest BCUT2D eigenvalue weighted by Crippen LogP contribution is -2.31. The summed E-state index contributed by atoms with van der Waals surface area (Å²) in [5.74, 6) is 4.26. The Balaban J connectivity index is 1.53. The lowest BCUT2D eigenvalue weighted by atomic mass is 9.76. The summed E-state index contributed by atoms with van der Waals surface area (Å²) in [5, 5.41) is 10.4. The van der Waals surface area contributed by atoms with Crippen LogP contribution in [0.5, 0.6) is 0 Å². The first-order valence-corrected chi connectivity index (χ1v) is 6.92. The van der Waals surface area contributed by atoms with E-state index in [-0.39, 0.29) is 6.10 Å². The Hall–Kier alpha value is -0.0400. The molecule has 0 radical (unpaired) electrons. The third kappa shape index (κ3) is 1.95. The number of hydrogen-bond donors (Lipinski definition) is 1. The maximum Gasteiger partial charge on any atom is 0.0596 e. The average Bonchev–Trinajstić information content (AvgIpc) is 2.86.